The summed E-state index contributed by atoms with van der Waals surface area (Å²) in [5, 5.41) is 3.35. The molecule has 1 aromatic heterocycles. The molecule has 0 atom stereocenters. The van der Waals surface area contributed by atoms with Gasteiger partial charge in [-0.1, -0.05) is 23.2 Å². The number of hydrogen-bond donors (Lipinski definition) is 1. The Morgan fingerprint density at radius 1 is 1.26 bits per heavy atom. The highest BCUT2D eigenvalue weighted by atomic mass is 35.5. The molecule has 1 aliphatic rings. The van der Waals surface area contributed by atoms with E-state index in [0.717, 1.165) is 25.7 Å². The molecule has 0 radical (unpaired) electrons. The first-order valence-corrected chi connectivity index (χ1v) is 8.20. The third-order valence-corrected chi connectivity index (χ3v) is 3.96. The normalized spacial score (nSPS) is 21.7. The predicted molar refractivity (Wildman–Crippen MR) is 87.8 cm³/mol. The van der Waals surface area contributed by atoms with Crippen molar-refractivity contribution in [2.45, 2.75) is 51.7 Å². The fraction of sp³-hybridized carbons (Fsp3) is 0.533. The van der Waals surface area contributed by atoms with Crippen LogP contribution >= 0.6 is 23.2 Å². The number of allylic oxidation sites excluding steroid dienone is 2. The summed E-state index contributed by atoms with van der Waals surface area (Å²) in [4.78, 5) is 19.7. The van der Waals surface area contributed by atoms with Gasteiger partial charge in [0.1, 0.15) is 22.2 Å². The highest BCUT2D eigenvalue weighted by molar-refractivity contribution is 6.33. The van der Waals surface area contributed by atoms with Gasteiger partial charge >= 0.3 is 12.1 Å². The van der Waals surface area contributed by atoms with E-state index in [4.69, 9.17) is 32.7 Å². The van der Waals surface area contributed by atoms with Crippen LogP contribution in [0.1, 0.15) is 39.5 Å². The maximum absolute atomic E-state index is 11.7. The quantitative estimate of drug-likeness (QED) is 0.646. The van der Waals surface area contributed by atoms with Crippen LogP contribution in [0.25, 0.3) is 0 Å². The molecule has 0 spiro atoms. The van der Waals surface area contributed by atoms with Crippen LogP contribution in [0.15, 0.2) is 17.9 Å². The smallest absolute Gasteiger partial charge is 0.412 e. The van der Waals surface area contributed by atoms with Crippen molar-refractivity contribution in [1.82, 2.24) is 15.3 Å². The van der Waals surface area contributed by atoms with Crippen LogP contribution in [-0.4, -0.2) is 28.2 Å². The molecule has 2 rings (SSSR count). The zero-order chi connectivity index (χ0) is 16.8. The van der Waals surface area contributed by atoms with Crippen molar-refractivity contribution in [3.8, 4) is 6.01 Å². The lowest BCUT2D eigenvalue weighted by molar-refractivity contribution is 0.122. The van der Waals surface area contributed by atoms with Crippen molar-refractivity contribution in [2.75, 3.05) is 0 Å². The van der Waals surface area contributed by atoms with Crippen LogP contribution in [0.2, 0.25) is 10.3 Å². The molecular formula is C15H19Cl2N3O3. The average Bonchev–Trinajstić information content (AvgIpc) is 2.48. The summed E-state index contributed by atoms with van der Waals surface area (Å²) in [6, 6.07) is 1.72. The van der Waals surface area contributed by atoms with Gasteiger partial charge in [-0.25, -0.2) is 4.79 Å². The lowest BCUT2D eigenvalue weighted by Gasteiger charge is -2.28. The fourth-order valence-electron chi connectivity index (χ4n) is 2.30. The number of rotatable bonds is 4. The second-order valence-corrected chi connectivity index (χ2v) is 6.10. The van der Waals surface area contributed by atoms with Gasteiger partial charge in [0.15, 0.2) is 0 Å². The maximum Gasteiger partial charge on any atom is 0.412 e. The summed E-state index contributed by atoms with van der Waals surface area (Å²) in [5.41, 5.74) is 0. The third-order valence-electron chi connectivity index (χ3n) is 3.57. The van der Waals surface area contributed by atoms with Crippen molar-refractivity contribution < 1.29 is 14.3 Å². The molecule has 0 saturated heterocycles. The molecule has 0 unspecified atom stereocenters. The lowest BCUT2D eigenvalue weighted by atomic mass is 9.93. The molecule has 23 heavy (non-hydrogen) atoms. The SMILES string of the molecule is C/C=C(/C)OC(=O)NC1CCC(Oc2nc(Cl)cc(Cl)n2)CC1. The van der Waals surface area contributed by atoms with Crippen LogP contribution < -0.4 is 10.1 Å². The molecule has 1 N–H and O–H groups in total. The molecule has 1 aliphatic carbocycles. The van der Waals surface area contributed by atoms with Crippen LogP contribution in [0.4, 0.5) is 4.79 Å². The van der Waals surface area contributed by atoms with Gasteiger partial charge < -0.3 is 14.8 Å². The summed E-state index contributed by atoms with van der Waals surface area (Å²) in [6.07, 6.45) is 4.44. The van der Waals surface area contributed by atoms with Crippen molar-refractivity contribution >= 4 is 29.3 Å². The number of nitrogens with zero attached hydrogens (tertiary/aromatic N) is 2. The van der Waals surface area contributed by atoms with E-state index in [9.17, 15) is 4.79 Å². The highest BCUT2D eigenvalue weighted by Gasteiger charge is 2.25. The van der Waals surface area contributed by atoms with Gasteiger partial charge in [0.05, 0.1) is 0 Å². The van der Waals surface area contributed by atoms with E-state index >= 15 is 0 Å². The van der Waals surface area contributed by atoms with E-state index in [0.29, 0.717) is 5.76 Å². The van der Waals surface area contributed by atoms with Crippen molar-refractivity contribution in [1.29, 1.82) is 0 Å². The summed E-state index contributed by atoms with van der Waals surface area (Å²) in [7, 11) is 0. The maximum atomic E-state index is 11.7. The van der Waals surface area contributed by atoms with E-state index < -0.39 is 6.09 Å². The molecule has 6 nitrogen and oxygen atoms in total. The molecule has 0 aliphatic heterocycles. The molecule has 0 aromatic carbocycles. The van der Waals surface area contributed by atoms with E-state index in [1.165, 1.54) is 6.07 Å². The molecule has 1 aromatic rings. The molecule has 1 fully saturated rings. The Balaban J connectivity index is 1.78. The van der Waals surface area contributed by atoms with Gasteiger partial charge in [0.25, 0.3) is 0 Å². The van der Waals surface area contributed by atoms with Gasteiger partial charge in [-0.05, 0) is 45.6 Å². The molecule has 1 heterocycles. The molecule has 1 saturated carbocycles. The van der Waals surface area contributed by atoms with Crippen LogP contribution in [0, 0.1) is 0 Å². The topological polar surface area (TPSA) is 73.3 Å². The summed E-state index contributed by atoms with van der Waals surface area (Å²) in [5.74, 6) is 0.578. The second kappa shape index (κ2) is 8.36. The van der Waals surface area contributed by atoms with Gasteiger partial charge in [-0.2, -0.15) is 9.97 Å². The first-order chi connectivity index (χ1) is 11.0. The molecular weight excluding hydrogens is 341 g/mol. The fourth-order valence-corrected chi connectivity index (χ4v) is 2.71. The summed E-state index contributed by atoms with van der Waals surface area (Å²) < 4.78 is 10.8. The Labute approximate surface area is 145 Å². The van der Waals surface area contributed by atoms with E-state index in [-0.39, 0.29) is 28.5 Å². The minimum atomic E-state index is -0.421. The second-order valence-electron chi connectivity index (χ2n) is 5.32. The Morgan fingerprint density at radius 2 is 1.87 bits per heavy atom. The number of alkyl carbamates (subject to hydrolysis) is 1. The van der Waals surface area contributed by atoms with E-state index in [1.807, 2.05) is 6.92 Å². The minimum absolute atomic E-state index is 0.0177. The van der Waals surface area contributed by atoms with Crippen molar-refractivity contribution in [3.05, 3.63) is 28.2 Å². The Kier molecular flexibility index (Phi) is 6.47. The summed E-state index contributed by atoms with van der Waals surface area (Å²) >= 11 is 11.6. The Hall–Kier alpha value is -1.53. The lowest BCUT2D eigenvalue weighted by Crippen LogP contribution is -2.39. The standard InChI is InChI=1S/C15H19Cl2N3O3/c1-3-9(2)22-15(21)18-10-4-6-11(7-5-10)23-14-19-12(16)8-13(17)20-14/h3,8,10-11H,4-7H2,1-2H3,(H,18,21)/b9-3-. The number of halogens is 2. The number of hydrogen-bond acceptors (Lipinski definition) is 5. The molecule has 0 bridgehead atoms. The number of amides is 1. The number of carbonyl (C=O) groups is 1. The van der Waals surface area contributed by atoms with Gasteiger partial charge in [-0.3, -0.25) is 0 Å². The van der Waals surface area contributed by atoms with Gasteiger partial charge in [-0.15, -0.1) is 0 Å². The Bertz CT molecular complexity index is 567. The van der Waals surface area contributed by atoms with Crippen molar-refractivity contribution in [3.63, 3.8) is 0 Å². The minimum Gasteiger partial charge on any atom is -0.460 e. The average molecular weight is 360 g/mol. The molecule has 8 heteroatoms. The Morgan fingerprint density at radius 3 is 2.43 bits per heavy atom. The number of carbonyl (C=O) groups excluding carboxylic acids is 1. The molecule has 1 amide bonds. The first-order valence-electron chi connectivity index (χ1n) is 7.44. The number of aromatic nitrogens is 2. The van der Waals surface area contributed by atoms with Crippen molar-refractivity contribution in [2.24, 2.45) is 0 Å². The zero-order valence-corrected chi connectivity index (χ0v) is 14.5. The molecule has 126 valence electrons. The first kappa shape index (κ1) is 17.8. The largest absolute Gasteiger partial charge is 0.460 e. The third kappa shape index (κ3) is 5.88. The van der Waals surface area contributed by atoms with Crippen LogP contribution in [-0.2, 0) is 4.74 Å². The van der Waals surface area contributed by atoms with E-state index in [2.05, 4.69) is 15.3 Å². The zero-order valence-electron chi connectivity index (χ0n) is 13.0. The van der Waals surface area contributed by atoms with Gasteiger partial charge in [0.2, 0.25) is 0 Å². The number of ether oxygens (including phenoxy) is 2. The monoisotopic (exact) mass is 359 g/mol. The van der Waals surface area contributed by atoms with Crippen LogP contribution in [0.5, 0.6) is 6.01 Å². The van der Waals surface area contributed by atoms with E-state index in [1.54, 1.807) is 13.0 Å². The summed E-state index contributed by atoms with van der Waals surface area (Å²) in [6.45, 7) is 3.55. The predicted octanol–water partition coefficient (Wildman–Crippen LogP) is 4.12. The van der Waals surface area contributed by atoms with Crippen LogP contribution in [0.3, 0.4) is 0 Å². The van der Waals surface area contributed by atoms with Gasteiger partial charge in [0, 0.05) is 12.1 Å². The highest BCUT2D eigenvalue weighted by Crippen LogP contribution is 2.24. The number of nitrogens with one attached hydrogen (secondary N) is 1.